The highest BCUT2D eigenvalue weighted by Crippen LogP contribution is 2.17. The molecule has 0 aliphatic carbocycles. The van der Waals surface area contributed by atoms with Crippen LogP contribution in [0.15, 0.2) is 48.5 Å². The zero-order valence-corrected chi connectivity index (χ0v) is 14.6. The molecule has 1 aliphatic rings. The van der Waals surface area contributed by atoms with E-state index in [1.165, 1.54) is 12.1 Å². The summed E-state index contributed by atoms with van der Waals surface area (Å²) in [4.78, 5) is 26.3. The number of amides is 2. The molecule has 3 aromatic rings. The second-order valence-electron chi connectivity index (χ2n) is 6.77. The van der Waals surface area contributed by atoms with Crippen molar-refractivity contribution in [3.8, 4) is 0 Å². The summed E-state index contributed by atoms with van der Waals surface area (Å²) in [7, 11) is 0. The molecule has 7 heteroatoms. The Bertz CT molecular complexity index is 983. The Morgan fingerprint density at radius 2 is 2.00 bits per heavy atom. The van der Waals surface area contributed by atoms with Crippen LogP contribution in [-0.2, 0) is 22.6 Å². The Kier molecular flexibility index (Phi) is 4.58. The summed E-state index contributed by atoms with van der Waals surface area (Å²) in [6, 6.07) is 13.5. The van der Waals surface area contributed by atoms with Crippen LogP contribution in [0.25, 0.3) is 10.9 Å². The predicted molar refractivity (Wildman–Crippen MR) is 98.2 cm³/mol. The zero-order chi connectivity index (χ0) is 18.8. The van der Waals surface area contributed by atoms with Crippen molar-refractivity contribution in [3.05, 3.63) is 65.6 Å². The number of halogens is 1. The molecule has 27 heavy (non-hydrogen) atoms. The lowest BCUT2D eigenvalue weighted by molar-refractivity contribution is -0.128. The summed E-state index contributed by atoms with van der Waals surface area (Å²) < 4.78 is 13.0. The molecule has 0 spiro atoms. The lowest BCUT2D eigenvalue weighted by Crippen LogP contribution is -2.37. The fraction of sp³-hybridized carbons (Fsp3) is 0.250. The zero-order valence-electron chi connectivity index (χ0n) is 14.6. The van der Waals surface area contributed by atoms with Crippen LogP contribution in [0.1, 0.15) is 17.7 Å². The molecule has 138 valence electrons. The first-order valence-electron chi connectivity index (χ1n) is 8.82. The number of carbonyl (C=O) groups is 2. The molecule has 0 bridgehead atoms. The van der Waals surface area contributed by atoms with Crippen molar-refractivity contribution in [2.45, 2.75) is 25.4 Å². The normalized spacial score (nSPS) is 16.9. The van der Waals surface area contributed by atoms with E-state index in [9.17, 15) is 14.0 Å². The number of benzene rings is 2. The fourth-order valence-corrected chi connectivity index (χ4v) is 3.42. The molecule has 2 aromatic carbocycles. The van der Waals surface area contributed by atoms with Crippen LogP contribution in [0, 0.1) is 5.82 Å². The third-order valence-corrected chi connectivity index (χ3v) is 4.74. The second kappa shape index (κ2) is 7.19. The van der Waals surface area contributed by atoms with Crippen LogP contribution in [-0.4, -0.2) is 39.5 Å². The number of carbonyl (C=O) groups excluding carboxylic acids is 2. The number of likely N-dealkylation sites (tertiary alicyclic amines) is 1. The van der Waals surface area contributed by atoms with Gasteiger partial charge >= 0.3 is 0 Å². The highest BCUT2D eigenvalue weighted by atomic mass is 19.1. The van der Waals surface area contributed by atoms with Crippen LogP contribution in [0.3, 0.4) is 0 Å². The molecule has 0 saturated carbocycles. The highest BCUT2D eigenvalue weighted by Gasteiger charge is 2.30. The first-order chi connectivity index (χ1) is 13.1. The monoisotopic (exact) mass is 366 g/mol. The summed E-state index contributed by atoms with van der Waals surface area (Å²) in [6.07, 6.45) is 0.458. The lowest BCUT2D eigenvalue weighted by atomic mass is 10.1. The Hall–Kier alpha value is -3.22. The van der Waals surface area contributed by atoms with E-state index in [1.807, 2.05) is 24.3 Å². The van der Waals surface area contributed by atoms with E-state index in [4.69, 9.17) is 0 Å². The predicted octanol–water partition coefficient (Wildman–Crippen LogP) is 2.16. The van der Waals surface area contributed by atoms with Gasteiger partial charge in [0.15, 0.2) is 0 Å². The molecule has 1 fully saturated rings. The van der Waals surface area contributed by atoms with Gasteiger partial charge in [0, 0.05) is 24.9 Å². The lowest BCUT2D eigenvalue weighted by Gasteiger charge is -2.17. The summed E-state index contributed by atoms with van der Waals surface area (Å²) in [6.45, 7) is 0.863. The quantitative estimate of drug-likeness (QED) is 0.726. The van der Waals surface area contributed by atoms with Crippen LogP contribution < -0.4 is 5.32 Å². The minimum Gasteiger partial charge on any atom is -0.351 e. The molecule has 2 heterocycles. The molecule has 1 aliphatic heterocycles. The van der Waals surface area contributed by atoms with Crippen LogP contribution in [0.4, 0.5) is 4.39 Å². The van der Waals surface area contributed by atoms with Crippen molar-refractivity contribution >= 4 is 22.7 Å². The van der Waals surface area contributed by atoms with Crippen molar-refractivity contribution in [2.75, 3.05) is 6.54 Å². The van der Waals surface area contributed by atoms with Gasteiger partial charge in [-0.1, -0.05) is 30.3 Å². The van der Waals surface area contributed by atoms with Gasteiger partial charge in [-0.2, -0.15) is 5.10 Å². The summed E-state index contributed by atoms with van der Waals surface area (Å²) >= 11 is 0. The third-order valence-electron chi connectivity index (χ3n) is 4.74. The first kappa shape index (κ1) is 17.2. The molecular weight excluding hydrogens is 347 g/mol. The molecule has 4 rings (SSSR count). The van der Waals surface area contributed by atoms with Gasteiger partial charge in [-0.05, 0) is 23.8 Å². The number of aromatic nitrogens is 2. The highest BCUT2D eigenvalue weighted by molar-refractivity contribution is 5.88. The topological polar surface area (TPSA) is 78.1 Å². The van der Waals surface area contributed by atoms with Crippen LogP contribution in [0.2, 0.25) is 0 Å². The number of H-pyrrole nitrogens is 1. The Balaban J connectivity index is 1.35. The Labute approximate surface area is 155 Å². The SMILES string of the molecule is O=C(Cc1[nH]nc2ccccc12)NC1CC(=O)N(Cc2ccc(F)cc2)C1. The largest absolute Gasteiger partial charge is 0.351 e. The smallest absolute Gasteiger partial charge is 0.226 e. The maximum Gasteiger partial charge on any atom is 0.226 e. The molecule has 1 saturated heterocycles. The number of fused-ring (bicyclic) bond motifs is 1. The number of para-hydroxylation sites is 1. The number of hydrogen-bond donors (Lipinski definition) is 2. The molecule has 1 unspecified atom stereocenters. The second-order valence-corrected chi connectivity index (χ2v) is 6.77. The van der Waals surface area contributed by atoms with Gasteiger partial charge in [-0.3, -0.25) is 14.7 Å². The molecule has 0 radical (unpaired) electrons. The van der Waals surface area contributed by atoms with Crippen molar-refractivity contribution in [1.82, 2.24) is 20.4 Å². The van der Waals surface area contributed by atoms with E-state index in [2.05, 4.69) is 15.5 Å². The molecular formula is C20H19FN4O2. The van der Waals surface area contributed by atoms with E-state index in [0.29, 0.717) is 13.1 Å². The van der Waals surface area contributed by atoms with E-state index in [-0.39, 0.29) is 36.5 Å². The van der Waals surface area contributed by atoms with Crippen LogP contribution >= 0.6 is 0 Å². The van der Waals surface area contributed by atoms with Gasteiger partial charge in [0.05, 0.1) is 23.7 Å². The number of nitrogens with zero attached hydrogens (tertiary/aromatic N) is 2. The van der Waals surface area contributed by atoms with Gasteiger partial charge in [0.2, 0.25) is 11.8 Å². The van der Waals surface area contributed by atoms with E-state index in [1.54, 1.807) is 17.0 Å². The third kappa shape index (κ3) is 3.81. The van der Waals surface area contributed by atoms with Crippen molar-refractivity contribution in [2.24, 2.45) is 0 Å². The van der Waals surface area contributed by atoms with E-state index < -0.39 is 0 Å². The van der Waals surface area contributed by atoms with Crippen molar-refractivity contribution in [3.63, 3.8) is 0 Å². The van der Waals surface area contributed by atoms with E-state index in [0.717, 1.165) is 22.2 Å². The summed E-state index contributed by atoms with van der Waals surface area (Å²) in [5, 5.41) is 10.9. The van der Waals surface area contributed by atoms with Gasteiger partial charge < -0.3 is 10.2 Å². The number of aromatic amines is 1. The van der Waals surface area contributed by atoms with Crippen molar-refractivity contribution in [1.29, 1.82) is 0 Å². The number of nitrogens with one attached hydrogen (secondary N) is 2. The number of hydrogen-bond acceptors (Lipinski definition) is 3. The van der Waals surface area contributed by atoms with Gasteiger partial charge in [0.1, 0.15) is 5.82 Å². The molecule has 2 N–H and O–H groups in total. The maximum atomic E-state index is 13.0. The van der Waals surface area contributed by atoms with Gasteiger partial charge in [-0.15, -0.1) is 0 Å². The van der Waals surface area contributed by atoms with Gasteiger partial charge in [0.25, 0.3) is 0 Å². The minimum atomic E-state index is -0.303. The maximum absolute atomic E-state index is 13.0. The van der Waals surface area contributed by atoms with Crippen molar-refractivity contribution < 1.29 is 14.0 Å². The fourth-order valence-electron chi connectivity index (χ4n) is 3.42. The summed E-state index contributed by atoms with van der Waals surface area (Å²) in [5.74, 6) is -0.467. The molecule has 2 amide bonds. The minimum absolute atomic E-state index is 0.0170. The first-order valence-corrected chi connectivity index (χ1v) is 8.82. The molecule has 1 atom stereocenters. The average molecular weight is 366 g/mol. The average Bonchev–Trinajstić information content (AvgIpc) is 3.21. The van der Waals surface area contributed by atoms with Gasteiger partial charge in [-0.25, -0.2) is 4.39 Å². The Morgan fingerprint density at radius 3 is 2.81 bits per heavy atom. The standard InChI is InChI=1S/C20H19FN4O2/c21-14-7-5-13(6-8-14)11-25-12-15(9-20(25)27)22-19(26)10-18-16-3-1-2-4-17(16)23-24-18/h1-8,15H,9-12H2,(H,22,26)(H,23,24). The van der Waals surface area contributed by atoms with E-state index >= 15 is 0 Å². The molecule has 6 nitrogen and oxygen atoms in total. The molecule has 1 aromatic heterocycles. The van der Waals surface area contributed by atoms with Crippen LogP contribution in [0.5, 0.6) is 0 Å². The Morgan fingerprint density at radius 1 is 1.22 bits per heavy atom. The number of rotatable bonds is 5. The summed E-state index contributed by atoms with van der Waals surface area (Å²) in [5.41, 5.74) is 2.44.